The molecule has 0 spiro atoms. The molecule has 0 radical (unpaired) electrons. The standard InChI is InChI=1S/C36H31IN2O6S/c1-5-44-35(41)31-21(2)38-36-39(32(31)24-13-15-26(42-3)16-14-24)34(40)30(46-36)19-22-17-28(37)33(29(18-22)43-4)45-20-25-11-8-10-23-9-6-7-12-27(23)25/h6-19,32H,5,20H2,1-4H3/b30-19+/t32-/m0/s1. The molecule has 2 heterocycles. The molecule has 4 aromatic carbocycles. The summed E-state index contributed by atoms with van der Waals surface area (Å²) < 4.78 is 25.7. The van der Waals surface area contributed by atoms with E-state index in [0.29, 0.717) is 44.5 Å². The summed E-state index contributed by atoms with van der Waals surface area (Å²) in [6, 6.07) is 24.8. The van der Waals surface area contributed by atoms with Gasteiger partial charge in [0.2, 0.25) is 0 Å². The molecule has 1 aliphatic rings. The molecular formula is C36H31IN2O6S. The third kappa shape index (κ3) is 6.06. The van der Waals surface area contributed by atoms with Gasteiger partial charge in [0.25, 0.3) is 5.56 Å². The first-order valence-electron chi connectivity index (χ1n) is 14.6. The van der Waals surface area contributed by atoms with Crippen LogP contribution in [0.1, 0.15) is 36.6 Å². The van der Waals surface area contributed by atoms with Gasteiger partial charge in [-0.3, -0.25) is 9.36 Å². The van der Waals surface area contributed by atoms with Gasteiger partial charge < -0.3 is 18.9 Å². The number of benzene rings is 4. The van der Waals surface area contributed by atoms with Gasteiger partial charge in [-0.2, -0.15) is 0 Å². The molecule has 46 heavy (non-hydrogen) atoms. The highest BCUT2D eigenvalue weighted by atomic mass is 127. The Balaban J connectivity index is 1.39. The van der Waals surface area contributed by atoms with Gasteiger partial charge in [0.05, 0.1) is 46.2 Å². The third-order valence-electron chi connectivity index (χ3n) is 7.75. The highest BCUT2D eigenvalue weighted by Crippen LogP contribution is 2.36. The maximum Gasteiger partial charge on any atom is 0.338 e. The molecule has 234 valence electrons. The first kappa shape index (κ1) is 31.6. The van der Waals surface area contributed by atoms with E-state index in [0.717, 1.165) is 31.0 Å². The highest BCUT2D eigenvalue weighted by molar-refractivity contribution is 14.1. The van der Waals surface area contributed by atoms with E-state index in [-0.39, 0.29) is 12.2 Å². The zero-order valence-corrected chi connectivity index (χ0v) is 28.7. The third-order valence-corrected chi connectivity index (χ3v) is 9.53. The number of allylic oxidation sites excluding steroid dienone is 1. The smallest absolute Gasteiger partial charge is 0.338 e. The van der Waals surface area contributed by atoms with E-state index in [1.807, 2.05) is 48.5 Å². The summed E-state index contributed by atoms with van der Waals surface area (Å²) in [6.07, 6.45) is 1.82. The van der Waals surface area contributed by atoms with Gasteiger partial charge in [-0.05, 0) is 94.2 Å². The number of halogens is 1. The second-order valence-electron chi connectivity index (χ2n) is 10.5. The van der Waals surface area contributed by atoms with E-state index in [1.54, 1.807) is 44.8 Å². The summed E-state index contributed by atoms with van der Waals surface area (Å²) in [6.45, 7) is 4.10. The van der Waals surface area contributed by atoms with Crippen molar-refractivity contribution in [2.24, 2.45) is 4.99 Å². The number of hydrogen-bond acceptors (Lipinski definition) is 8. The summed E-state index contributed by atoms with van der Waals surface area (Å²) in [5.41, 5.74) is 3.17. The van der Waals surface area contributed by atoms with E-state index in [1.165, 1.54) is 11.3 Å². The number of hydrogen-bond donors (Lipinski definition) is 0. The molecular weight excluding hydrogens is 715 g/mol. The number of carbonyl (C=O) groups excluding carboxylic acids is 1. The Bertz CT molecular complexity index is 2160. The van der Waals surface area contributed by atoms with Crippen molar-refractivity contribution in [3.63, 3.8) is 0 Å². The van der Waals surface area contributed by atoms with Crippen LogP contribution in [0.4, 0.5) is 0 Å². The van der Waals surface area contributed by atoms with Gasteiger partial charge in [0, 0.05) is 0 Å². The molecule has 5 aromatic rings. The number of ether oxygens (including phenoxy) is 4. The maximum absolute atomic E-state index is 14.1. The monoisotopic (exact) mass is 746 g/mol. The predicted octanol–water partition coefficient (Wildman–Crippen LogP) is 6.15. The largest absolute Gasteiger partial charge is 0.497 e. The zero-order valence-electron chi connectivity index (χ0n) is 25.7. The number of nitrogens with zero attached hydrogens (tertiary/aromatic N) is 2. The van der Waals surface area contributed by atoms with Crippen molar-refractivity contribution in [1.29, 1.82) is 0 Å². The van der Waals surface area contributed by atoms with Crippen molar-refractivity contribution in [1.82, 2.24) is 4.57 Å². The first-order valence-corrected chi connectivity index (χ1v) is 16.5. The lowest BCUT2D eigenvalue weighted by atomic mass is 9.96. The summed E-state index contributed by atoms with van der Waals surface area (Å²) in [5.74, 6) is 1.35. The lowest BCUT2D eigenvalue weighted by Crippen LogP contribution is -2.39. The molecule has 0 unspecified atom stereocenters. The van der Waals surface area contributed by atoms with Crippen molar-refractivity contribution < 1.29 is 23.7 Å². The fourth-order valence-electron chi connectivity index (χ4n) is 5.58. The molecule has 10 heteroatoms. The fraction of sp³-hybridized carbons (Fsp3) is 0.194. The predicted molar refractivity (Wildman–Crippen MR) is 187 cm³/mol. The Hall–Kier alpha value is -4.42. The molecule has 0 saturated carbocycles. The number of fused-ring (bicyclic) bond motifs is 2. The van der Waals surface area contributed by atoms with Crippen LogP contribution >= 0.6 is 33.9 Å². The Morgan fingerprint density at radius 2 is 1.78 bits per heavy atom. The fourth-order valence-corrected chi connectivity index (χ4v) is 7.40. The quantitative estimate of drug-likeness (QED) is 0.133. The van der Waals surface area contributed by atoms with Gasteiger partial charge >= 0.3 is 5.97 Å². The van der Waals surface area contributed by atoms with Crippen LogP contribution in [-0.4, -0.2) is 31.4 Å². The molecule has 1 aromatic heterocycles. The van der Waals surface area contributed by atoms with Crippen molar-refractivity contribution >= 4 is 56.7 Å². The number of rotatable bonds is 9. The number of thiazole rings is 1. The summed E-state index contributed by atoms with van der Waals surface area (Å²) in [7, 11) is 3.19. The van der Waals surface area contributed by atoms with Crippen LogP contribution in [0.25, 0.3) is 16.8 Å². The van der Waals surface area contributed by atoms with Crippen LogP contribution in [0.15, 0.2) is 99.9 Å². The topological polar surface area (TPSA) is 88.4 Å². The molecule has 0 saturated heterocycles. The minimum atomic E-state index is -0.706. The Morgan fingerprint density at radius 1 is 1.02 bits per heavy atom. The molecule has 1 aliphatic heterocycles. The molecule has 0 fully saturated rings. The van der Waals surface area contributed by atoms with E-state index >= 15 is 0 Å². The Morgan fingerprint density at radius 3 is 2.52 bits per heavy atom. The van der Waals surface area contributed by atoms with Crippen molar-refractivity contribution in [3.05, 3.63) is 130 Å². The molecule has 0 aliphatic carbocycles. The normalized spacial score (nSPS) is 14.5. The van der Waals surface area contributed by atoms with Gasteiger partial charge in [0.15, 0.2) is 16.3 Å². The number of aromatic nitrogens is 1. The van der Waals surface area contributed by atoms with Crippen molar-refractivity contribution in [2.45, 2.75) is 26.5 Å². The molecule has 6 rings (SSSR count). The van der Waals surface area contributed by atoms with E-state index in [4.69, 9.17) is 18.9 Å². The molecule has 0 bridgehead atoms. The number of methoxy groups -OCH3 is 2. The van der Waals surface area contributed by atoms with Crippen LogP contribution in [0, 0.1) is 3.57 Å². The second-order valence-corrected chi connectivity index (χ2v) is 12.7. The molecule has 8 nitrogen and oxygen atoms in total. The first-order chi connectivity index (χ1) is 22.3. The van der Waals surface area contributed by atoms with E-state index in [2.05, 4.69) is 51.8 Å². The molecule has 0 amide bonds. The van der Waals surface area contributed by atoms with Gasteiger partial charge in [-0.25, -0.2) is 9.79 Å². The molecule has 1 atom stereocenters. The zero-order chi connectivity index (χ0) is 32.4. The lowest BCUT2D eigenvalue weighted by molar-refractivity contribution is -0.139. The minimum Gasteiger partial charge on any atom is -0.497 e. The minimum absolute atomic E-state index is 0.206. The van der Waals surface area contributed by atoms with E-state index in [9.17, 15) is 9.59 Å². The number of esters is 1. The lowest BCUT2D eigenvalue weighted by Gasteiger charge is -2.24. The van der Waals surface area contributed by atoms with Crippen LogP contribution < -0.4 is 29.1 Å². The van der Waals surface area contributed by atoms with Gasteiger partial charge in [-0.15, -0.1) is 0 Å². The van der Waals surface area contributed by atoms with Crippen LogP contribution in [-0.2, 0) is 16.1 Å². The van der Waals surface area contributed by atoms with Crippen LogP contribution in [0.5, 0.6) is 17.2 Å². The van der Waals surface area contributed by atoms with Crippen molar-refractivity contribution in [2.75, 3.05) is 20.8 Å². The summed E-state index contributed by atoms with van der Waals surface area (Å²) in [4.78, 5) is 32.4. The Labute approximate surface area is 283 Å². The molecule has 0 N–H and O–H groups in total. The maximum atomic E-state index is 14.1. The van der Waals surface area contributed by atoms with Gasteiger partial charge in [0.1, 0.15) is 12.4 Å². The highest BCUT2D eigenvalue weighted by Gasteiger charge is 2.33. The second kappa shape index (κ2) is 13.5. The Kier molecular flexibility index (Phi) is 9.27. The average Bonchev–Trinajstić information content (AvgIpc) is 3.36. The van der Waals surface area contributed by atoms with Crippen molar-refractivity contribution in [3.8, 4) is 17.2 Å². The summed E-state index contributed by atoms with van der Waals surface area (Å²) >= 11 is 3.50. The number of carbonyl (C=O) groups is 1. The van der Waals surface area contributed by atoms with Crippen LogP contribution in [0.2, 0.25) is 0 Å². The van der Waals surface area contributed by atoms with E-state index < -0.39 is 12.0 Å². The average molecular weight is 747 g/mol. The SMILES string of the molecule is CCOC(=O)C1=C(C)N=c2s/c(=C/c3cc(I)c(OCc4cccc5ccccc45)c(OC)c3)c(=O)n2[C@H]1c1ccc(OC)cc1. The summed E-state index contributed by atoms with van der Waals surface area (Å²) in [5, 5.41) is 2.29. The van der Waals surface area contributed by atoms with Crippen LogP contribution in [0.3, 0.4) is 0 Å². The van der Waals surface area contributed by atoms with Gasteiger partial charge in [-0.1, -0.05) is 65.9 Å².